The average Bonchev–Trinajstić information content (AvgIpc) is 2.69. The lowest BCUT2D eigenvalue weighted by Gasteiger charge is -1.99. The second kappa shape index (κ2) is 4.73. The van der Waals surface area contributed by atoms with E-state index in [0.717, 1.165) is 16.9 Å². The van der Waals surface area contributed by atoms with E-state index >= 15 is 0 Å². The van der Waals surface area contributed by atoms with Gasteiger partial charge >= 0.3 is 5.97 Å². The van der Waals surface area contributed by atoms with Crippen LogP contribution in [0.2, 0.25) is 0 Å². The van der Waals surface area contributed by atoms with Gasteiger partial charge in [0, 0.05) is 5.56 Å². The number of esters is 1. The molecule has 1 aromatic heterocycles. The van der Waals surface area contributed by atoms with Crippen molar-refractivity contribution in [2.45, 2.75) is 6.92 Å². The number of benzene rings is 1. The van der Waals surface area contributed by atoms with E-state index in [1.165, 1.54) is 19.2 Å². The summed E-state index contributed by atoms with van der Waals surface area (Å²) >= 11 is 1.13. The fourth-order valence-corrected chi connectivity index (χ4v) is 2.36. The van der Waals surface area contributed by atoms with Crippen LogP contribution >= 0.6 is 11.3 Å². The first-order valence-corrected chi connectivity index (χ1v) is 5.95. The van der Waals surface area contributed by atoms with Crippen LogP contribution in [0.4, 0.5) is 9.39 Å². The second-order valence-electron chi connectivity index (χ2n) is 3.74. The van der Waals surface area contributed by atoms with Gasteiger partial charge in [-0.2, -0.15) is 0 Å². The molecular weight excluding hydrogens is 255 g/mol. The van der Waals surface area contributed by atoms with Crippen molar-refractivity contribution in [3.8, 4) is 10.6 Å². The molecule has 4 nitrogen and oxygen atoms in total. The number of carbonyl (C=O) groups is 1. The third-order valence-corrected chi connectivity index (χ3v) is 3.25. The lowest BCUT2D eigenvalue weighted by molar-refractivity contribution is 0.0596. The summed E-state index contributed by atoms with van der Waals surface area (Å²) in [4.78, 5) is 15.5. The zero-order valence-electron chi connectivity index (χ0n) is 9.86. The van der Waals surface area contributed by atoms with Gasteiger partial charge < -0.3 is 10.5 Å². The maximum atomic E-state index is 13.3. The molecule has 0 bridgehead atoms. The first kappa shape index (κ1) is 12.5. The summed E-state index contributed by atoms with van der Waals surface area (Å²) < 4.78 is 17.9. The standard InChI is InChI=1S/C12H11FN2O2S/c1-6-3-7(5-8(13)4-6)11-15-9(10(14)18-11)12(16)17-2/h3-5H,14H2,1-2H3. The third kappa shape index (κ3) is 2.33. The smallest absolute Gasteiger partial charge is 0.359 e. The normalized spacial score (nSPS) is 10.4. The van der Waals surface area contributed by atoms with Gasteiger partial charge in [-0.05, 0) is 30.7 Å². The summed E-state index contributed by atoms with van der Waals surface area (Å²) in [6, 6.07) is 4.55. The minimum Gasteiger partial charge on any atom is -0.464 e. The number of nitrogens with two attached hydrogens (primary N) is 1. The van der Waals surface area contributed by atoms with E-state index in [1.807, 2.05) is 0 Å². The molecule has 0 radical (unpaired) electrons. The topological polar surface area (TPSA) is 65.2 Å². The molecule has 0 atom stereocenters. The molecule has 0 unspecified atom stereocenters. The zero-order chi connectivity index (χ0) is 13.3. The summed E-state index contributed by atoms with van der Waals surface area (Å²) in [5.74, 6) is -0.943. The predicted octanol–water partition coefficient (Wildman–Crippen LogP) is 2.63. The molecule has 0 saturated carbocycles. The van der Waals surface area contributed by atoms with Gasteiger partial charge in [-0.3, -0.25) is 0 Å². The monoisotopic (exact) mass is 266 g/mol. The molecule has 0 amide bonds. The van der Waals surface area contributed by atoms with Crippen LogP contribution in [-0.2, 0) is 4.74 Å². The maximum Gasteiger partial charge on any atom is 0.359 e. The highest BCUT2D eigenvalue weighted by molar-refractivity contribution is 7.19. The van der Waals surface area contributed by atoms with Crippen molar-refractivity contribution < 1.29 is 13.9 Å². The number of anilines is 1. The number of nitrogens with zero attached hydrogens (tertiary/aromatic N) is 1. The first-order valence-electron chi connectivity index (χ1n) is 5.13. The predicted molar refractivity (Wildman–Crippen MR) is 68.0 cm³/mol. The molecule has 0 spiro atoms. The molecule has 0 aliphatic rings. The van der Waals surface area contributed by atoms with Gasteiger partial charge in [0.15, 0.2) is 5.69 Å². The average molecular weight is 266 g/mol. The van der Waals surface area contributed by atoms with Gasteiger partial charge in [0.05, 0.1) is 7.11 Å². The van der Waals surface area contributed by atoms with Crippen LogP contribution in [0.25, 0.3) is 10.6 Å². The van der Waals surface area contributed by atoms with Crippen molar-refractivity contribution in [1.29, 1.82) is 0 Å². The zero-order valence-corrected chi connectivity index (χ0v) is 10.7. The lowest BCUT2D eigenvalue weighted by atomic mass is 10.1. The van der Waals surface area contributed by atoms with Crippen molar-refractivity contribution in [3.05, 3.63) is 35.3 Å². The Kier molecular flexibility index (Phi) is 3.29. The Morgan fingerprint density at radius 2 is 2.17 bits per heavy atom. The molecule has 6 heteroatoms. The number of nitrogen functional groups attached to an aromatic ring is 1. The van der Waals surface area contributed by atoms with E-state index < -0.39 is 5.97 Å². The number of aromatic nitrogens is 1. The van der Waals surface area contributed by atoms with Gasteiger partial charge in [0.1, 0.15) is 15.8 Å². The van der Waals surface area contributed by atoms with Gasteiger partial charge in [-0.1, -0.05) is 11.3 Å². The number of carbonyl (C=O) groups excluding carboxylic acids is 1. The highest BCUT2D eigenvalue weighted by Crippen LogP contribution is 2.31. The number of thiazole rings is 1. The lowest BCUT2D eigenvalue weighted by Crippen LogP contribution is -2.04. The summed E-state index contributed by atoms with van der Waals surface area (Å²) in [5, 5.41) is 0.759. The van der Waals surface area contributed by atoms with Crippen LogP contribution in [0.5, 0.6) is 0 Å². The second-order valence-corrected chi connectivity index (χ2v) is 4.77. The van der Waals surface area contributed by atoms with Crippen LogP contribution in [0.3, 0.4) is 0 Å². The van der Waals surface area contributed by atoms with Crippen LogP contribution in [0, 0.1) is 12.7 Å². The largest absolute Gasteiger partial charge is 0.464 e. The minimum atomic E-state index is -0.594. The van der Waals surface area contributed by atoms with Gasteiger partial charge in [0.2, 0.25) is 0 Å². The van der Waals surface area contributed by atoms with E-state index in [9.17, 15) is 9.18 Å². The molecule has 0 saturated heterocycles. The van der Waals surface area contributed by atoms with Crippen molar-refractivity contribution in [2.24, 2.45) is 0 Å². The van der Waals surface area contributed by atoms with Crippen LogP contribution in [0.15, 0.2) is 18.2 Å². The van der Waals surface area contributed by atoms with Crippen molar-refractivity contribution in [2.75, 3.05) is 12.8 Å². The van der Waals surface area contributed by atoms with Crippen molar-refractivity contribution in [3.63, 3.8) is 0 Å². The fraction of sp³-hybridized carbons (Fsp3) is 0.167. The molecule has 2 N–H and O–H groups in total. The Bertz CT molecular complexity index is 590. The number of rotatable bonds is 2. The summed E-state index contributed by atoms with van der Waals surface area (Å²) in [7, 11) is 1.26. The SMILES string of the molecule is COC(=O)c1nc(-c2cc(C)cc(F)c2)sc1N. The molecule has 2 rings (SSSR count). The number of hydrogen-bond donors (Lipinski definition) is 1. The molecule has 2 aromatic rings. The summed E-state index contributed by atoms with van der Waals surface area (Å²) in [6.07, 6.45) is 0. The molecule has 0 aliphatic heterocycles. The van der Waals surface area contributed by atoms with Crippen molar-refractivity contribution >= 4 is 22.3 Å². The van der Waals surface area contributed by atoms with Crippen LogP contribution < -0.4 is 5.73 Å². The van der Waals surface area contributed by atoms with E-state index in [4.69, 9.17) is 5.73 Å². The van der Waals surface area contributed by atoms with E-state index in [-0.39, 0.29) is 16.5 Å². The van der Waals surface area contributed by atoms with E-state index in [1.54, 1.807) is 13.0 Å². The number of hydrogen-bond acceptors (Lipinski definition) is 5. The fourth-order valence-electron chi connectivity index (χ4n) is 1.56. The van der Waals surface area contributed by atoms with Crippen LogP contribution in [-0.4, -0.2) is 18.1 Å². The Hall–Kier alpha value is -1.95. The van der Waals surface area contributed by atoms with Crippen molar-refractivity contribution in [1.82, 2.24) is 4.98 Å². The van der Waals surface area contributed by atoms with E-state index in [2.05, 4.69) is 9.72 Å². The molecule has 18 heavy (non-hydrogen) atoms. The number of aryl methyl sites for hydroxylation is 1. The highest BCUT2D eigenvalue weighted by Gasteiger charge is 2.17. The Morgan fingerprint density at radius 3 is 2.78 bits per heavy atom. The van der Waals surface area contributed by atoms with Gasteiger partial charge in [-0.25, -0.2) is 14.2 Å². The quantitative estimate of drug-likeness (QED) is 0.849. The Balaban J connectivity index is 2.48. The number of ether oxygens (including phenoxy) is 1. The Morgan fingerprint density at radius 1 is 1.44 bits per heavy atom. The van der Waals surface area contributed by atoms with Gasteiger partial charge in [-0.15, -0.1) is 0 Å². The van der Waals surface area contributed by atoms with E-state index in [0.29, 0.717) is 10.6 Å². The molecule has 1 heterocycles. The highest BCUT2D eigenvalue weighted by atomic mass is 32.1. The molecular formula is C12H11FN2O2S. The Labute approximate surface area is 107 Å². The number of methoxy groups -OCH3 is 1. The molecule has 1 aromatic carbocycles. The summed E-state index contributed by atoms with van der Waals surface area (Å²) in [5.41, 5.74) is 7.13. The van der Waals surface area contributed by atoms with Crippen LogP contribution in [0.1, 0.15) is 16.1 Å². The third-order valence-electron chi connectivity index (χ3n) is 2.32. The summed E-state index contributed by atoms with van der Waals surface area (Å²) in [6.45, 7) is 1.78. The molecule has 0 aliphatic carbocycles. The molecule has 94 valence electrons. The first-order chi connectivity index (χ1) is 8.51. The number of halogens is 1. The van der Waals surface area contributed by atoms with Gasteiger partial charge in [0.25, 0.3) is 0 Å². The maximum absolute atomic E-state index is 13.3. The minimum absolute atomic E-state index is 0.0689. The molecule has 0 fully saturated rings.